The number of nitrogens with zero attached hydrogens (tertiary/aromatic N) is 2. The number of hydrogen-bond donors (Lipinski definition) is 2. The lowest BCUT2D eigenvalue weighted by molar-refractivity contribution is -0.121. The van der Waals surface area contributed by atoms with E-state index in [1.54, 1.807) is 24.6 Å². The molecular formula is C24H23N3O3S. The van der Waals surface area contributed by atoms with E-state index in [0.29, 0.717) is 17.6 Å². The van der Waals surface area contributed by atoms with Crippen molar-refractivity contribution >= 4 is 28.1 Å². The predicted molar refractivity (Wildman–Crippen MR) is 122 cm³/mol. The third-order valence-corrected chi connectivity index (χ3v) is 6.02. The molecule has 1 atom stereocenters. The summed E-state index contributed by atoms with van der Waals surface area (Å²) in [7, 11) is 1.61. The summed E-state index contributed by atoms with van der Waals surface area (Å²) in [6, 6.07) is 15.1. The van der Waals surface area contributed by atoms with Gasteiger partial charge in [0.25, 0.3) is 0 Å². The molecule has 0 spiro atoms. The van der Waals surface area contributed by atoms with E-state index < -0.39 is 0 Å². The number of amides is 1. The molecule has 2 N–H and O–H groups in total. The molecule has 2 heterocycles. The molecular weight excluding hydrogens is 410 g/mol. The molecule has 0 aliphatic rings. The summed E-state index contributed by atoms with van der Waals surface area (Å²) < 4.78 is 5.26. The van der Waals surface area contributed by atoms with Crippen molar-refractivity contribution in [3.63, 3.8) is 0 Å². The number of pyridine rings is 1. The highest BCUT2D eigenvalue weighted by molar-refractivity contribution is 7.09. The van der Waals surface area contributed by atoms with Crippen LogP contribution in [0.15, 0.2) is 60.1 Å². The number of aromatic hydroxyl groups is 1. The van der Waals surface area contributed by atoms with Crippen molar-refractivity contribution in [2.45, 2.75) is 25.8 Å². The summed E-state index contributed by atoms with van der Waals surface area (Å²) in [5.41, 5.74) is 2.94. The van der Waals surface area contributed by atoms with Gasteiger partial charge in [-0.3, -0.25) is 9.78 Å². The molecule has 1 amide bonds. The molecule has 0 radical (unpaired) electrons. The Morgan fingerprint density at radius 3 is 2.71 bits per heavy atom. The highest BCUT2D eigenvalue weighted by atomic mass is 32.1. The number of hydrogen-bond acceptors (Lipinski definition) is 6. The van der Waals surface area contributed by atoms with Crippen molar-refractivity contribution < 1.29 is 14.6 Å². The monoisotopic (exact) mass is 433 g/mol. The summed E-state index contributed by atoms with van der Waals surface area (Å²) in [6.07, 6.45) is 1.83. The average molecular weight is 434 g/mol. The van der Waals surface area contributed by atoms with Crippen molar-refractivity contribution in [3.8, 4) is 11.5 Å². The van der Waals surface area contributed by atoms with E-state index in [1.807, 2.05) is 60.8 Å². The number of aryl methyl sites for hydroxylation is 1. The van der Waals surface area contributed by atoms with Gasteiger partial charge in [0.1, 0.15) is 17.0 Å². The smallest absolute Gasteiger partial charge is 0.221 e. The Morgan fingerprint density at radius 1 is 1.19 bits per heavy atom. The second kappa shape index (κ2) is 9.14. The van der Waals surface area contributed by atoms with Crippen molar-refractivity contribution in [3.05, 3.63) is 81.9 Å². The number of benzene rings is 2. The zero-order valence-electron chi connectivity index (χ0n) is 17.3. The predicted octanol–water partition coefficient (Wildman–Crippen LogP) is 4.55. The first-order chi connectivity index (χ1) is 15.0. The van der Waals surface area contributed by atoms with Crippen molar-refractivity contribution in [2.24, 2.45) is 0 Å². The molecule has 2 aromatic heterocycles. The number of phenolic OH excluding ortho intramolecular Hbond substituents is 1. The van der Waals surface area contributed by atoms with Crippen LogP contribution in [0.1, 0.15) is 34.2 Å². The molecule has 6 nitrogen and oxygen atoms in total. The van der Waals surface area contributed by atoms with Crippen LogP contribution in [0.2, 0.25) is 0 Å². The lowest BCUT2D eigenvalue weighted by Crippen LogP contribution is -2.25. The third kappa shape index (κ3) is 4.67. The van der Waals surface area contributed by atoms with Crippen LogP contribution in [0, 0.1) is 6.92 Å². The minimum Gasteiger partial charge on any atom is -0.505 e. The van der Waals surface area contributed by atoms with Gasteiger partial charge < -0.3 is 15.2 Å². The molecule has 31 heavy (non-hydrogen) atoms. The van der Waals surface area contributed by atoms with Crippen LogP contribution in [0.4, 0.5) is 0 Å². The Labute approximate surface area is 184 Å². The fourth-order valence-electron chi connectivity index (χ4n) is 3.61. The maximum absolute atomic E-state index is 12.8. The van der Waals surface area contributed by atoms with Crippen LogP contribution in [-0.4, -0.2) is 28.1 Å². The second-order valence-corrected chi connectivity index (χ2v) is 8.31. The minimum absolute atomic E-state index is 0.0989. The van der Waals surface area contributed by atoms with E-state index >= 15 is 0 Å². The van der Waals surface area contributed by atoms with Gasteiger partial charge in [0.2, 0.25) is 5.91 Å². The number of fused-ring (bicyclic) bond motifs is 1. The number of carbonyl (C=O) groups excluding carboxylic acids is 1. The Morgan fingerprint density at radius 2 is 2.00 bits per heavy atom. The quantitative estimate of drug-likeness (QED) is 0.447. The Bertz CT molecular complexity index is 1200. The lowest BCUT2D eigenvalue weighted by Gasteiger charge is -2.20. The molecule has 7 heteroatoms. The number of carbonyl (C=O) groups is 1. The molecule has 0 aliphatic carbocycles. The molecule has 0 saturated carbocycles. The van der Waals surface area contributed by atoms with Gasteiger partial charge in [-0.1, -0.05) is 30.3 Å². The first kappa shape index (κ1) is 20.8. The normalized spacial score (nSPS) is 11.9. The zero-order chi connectivity index (χ0) is 21.8. The maximum atomic E-state index is 12.8. The van der Waals surface area contributed by atoms with E-state index in [1.165, 1.54) is 0 Å². The van der Waals surface area contributed by atoms with E-state index in [9.17, 15) is 9.90 Å². The summed E-state index contributed by atoms with van der Waals surface area (Å²) in [5, 5.41) is 17.7. The number of methoxy groups -OCH3 is 1. The van der Waals surface area contributed by atoms with Gasteiger partial charge in [-0.15, -0.1) is 11.3 Å². The molecule has 0 fully saturated rings. The van der Waals surface area contributed by atoms with Gasteiger partial charge in [-0.25, -0.2) is 4.98 Å². The van der Waals surface area contributed by atoms with Crippen LogP contribution < -0.4 is 10.1 Å². The van der Waals surface area contributed by atoms with Gasteiger partial charge in [0, 0.05) is 34.9 Å². The topological polar surface area (TPSA) is 84.3 Å². The summed E-state index contributed by atoms with van der Waals surface area (Å²) in [6.45, 7) is 2.32. The molecule has 158 valence electrons. The number of ether oxygens (including phenoxy) is 1. The Hall–Kier alpha value is -3.45. The zero-order valence-corrected chi connectivity index (χ0v) is 18.1. The summed E-state index contributed by atoms with van der Waals surface area (Å²) >= 11 is 1.56. The van der Waals surface area contributed by atoms with E-state index in [4.69, 9.17) is 4.74 Å². The van der Waals surface area contributed by atoms with Gasteiger partial charge in [0.05, 0.1) is 24.4 Å². The number of rotatable bonds is 7. The van der Waals surface area contributed by atoms with Gasteiger partial charge >= 0.3 is 0 Å². The average Bonchev–Trinajstić information content (AvgIpc) is 3.22. The minimum atomic E-state index is -0.338. The second-order valence-electron chi connectivity index (χ2n) is 7.24. The van der Waals surface area contributed by atoms with E-state index in [-0.39, 0.29) is 24.0 Å². The van der Waals surface area contributed by atoms with Crippen LogP contribution >= 0.6 is 11.3 Å². The molecule has 1 unspecified atom stereocenters. The van der Waals surface area contributed by atoms with Crippen LogP contribution in [-0.2, 0) is 11.3 Å². The first-order valence-corrected chi connectivity index (χ1v) is 10.8. The summed E-state index contributed by atoms with van der Waals surface area (Å²) in [5.74, 6) is 0.374. The standard InChI is InChI=1S/C24H23N3O3S/c1-15-27-18(14-31-15)13-26-22(28)12-21(16-5-8-19(30-2)9-6-16)20-10-7-17-4-3-11-25-23(17)24(20)29/h3-11,14,21,29H,12-13H2,1-2H3,(H,26,28). The van der Waals surface area contributed by atoms with Crippen LogP contribution in [0.5, 0.6) is 11.5 Å². The van der Waals surface area contributed by atoms with Crippen molar-refractivity contribution in [2.75, 3.05) is 7.11 Å². The van der Waals surface area contributed by atoms with Gasteiger partial charge in [-0.05, 0) is 30.7 Å². The maximum Gasteiger partial charge on any atom is 0.221 e. The van der Waals surface area contributed by atoms with E-state index in [2.05, 4.69) is 15.3 Å². The fraction of sp³-hybridized carbons (Fsp3) is 0.208. The number of thiazole rings is 1. The highest BCUT2D eigenvalue weighted by Gasteiger charge is 2.23. The molecule has 4 rings (SSSR count). The van der Waals surface area contributed by atoms with Crippen LogP contribution in [0.25, 0.3) is 10.9 Å². The fourth-order valence-corrected chi connectivity index (χ4v) is 4.22. The molecule has 0 aliphatic heterocycles. The Kier molecular flexibility index (Phi) is 6.13. The first-order valence-electron chi connectivity index (χ1n) is 9.93. The van der Waals surface area contributed by atoms with Gasteiger partial charge in [-0.2, -0.15) is 0 Å². The number of nitrogens with one attached hydrogen (secondary N) is 1. The largest absolute Gasteiger partial charge is 0.505 e. The van der Waals surface area contributed by atoms with E-state index in [0.717, 1.165) is 27.4 Å². The Balaban J connectivity index is 1.64. The van der Waals surface area contributed by atoms with Crippen molar-refractivity contribution in [1.29, 1.82) is 0 Å². The molecule has 2 aromatic carbocycles. The highest BCUT2D eigenvalue weighted by Crippen LogP contribution is 2.38. The number of phenols is 1. The summed E-state index contributed by atoms with van der Waals surface area (Å²) in [4.78, 5) is 21.5. The number of aromatic nitrogens is 2. The SMILES string of the molecule is COc1ccc(C(CC(=O)NCc2csc(C)n2)c2ccc3cccnc3c2O)cc1. The van der Waals surface area contributed by atoms with Crippen molar-refractivity contribution in [1.82, 2.24) is 15.3 Å². The lowest BCUT2D eigenvalue weighted by atomic mass is 9.87. The molecule has 0 saturated heterocycles. The molecule has 4 aromatic rings. The molecule has 0 bridgehead atoms. The van der Waals surface area contributed by atoms with Gasteiger partial charge in [0.15, 0.2) is 0 Å². The van der Waals surface area contributed by atoms with Crippen LogP contribution in [0.3, 0.4) is 0 Å². The third-order valence-electron chi connectivity index (χ3n) is 5.20.